The third-order valence-electron chi connectivity index (χ3n) is 2.99. The summed E-state index contributed by atoms with van der Waals surface area (Å²) in [7, 11) is -1.96. The molecule has 1 N–H and O–H groups in total. The van der Waals surface area contributed by atoms with E-state index in [1.54, 1.807) is 20.2 Å². The normalized spacial score (nSPS) is 11.6. The number of benzene rings is 1. The van der Waals surface area contributed by atoms with Crippen molar-refractivity contribution in [1.29, 1.82) is 0 Å². The molecule has 0 radical (unpaired) electrons. The van der Waals surface area contributed by atoms with Crippen LogP contribution in [-0.2, 0) is 22.6 Å². The maximum absolute atomic E-state index is 12.5. The van der Waals surface area contributed by atoms with Gasteiger partial charge in [-0.05, 0) is 24.6 Å². The second kappa shape index (κ2) is 5.61. The topological polar surface area (TPSA) is 89.3 Å². The van der Waals surface area contributed by atoms with E-state index in [2.05, 4.69) is 21.0 Å². The van der Waals surface area contributed by atoms with Crippen LogP contribution in [0.3, 0.4) is 0 Å². The minimum atomic E-state index is -3.66. The van der Waals surface area contributed by atoms with Gasteiger partial charge in [0.2, 0.25) is 0 Å². The third-order valence-corrected chi connectivity index (χ3v) is 5.62. The van der Waals surface area contributed by atoms with Gasteiger partial charge < -0.3 is 5.11 Å². The molecule has 112 valence electrons. The Morgan fingerprint density at radius 3 is 2.62 bits per heavy atom. The summed E-state index contributed by atoms with van der Waals surface area (Å²) in [5.41, 5.74) is 0.967. The lowest BCUT2D eigenvalue weighted by Gasteiger charge is -2.10. The molecule has 21 heavy (non-hydrogen) atoms. The Labute approximate surface area is 130 Å². The van der Waals surface area contributed by atoms with E-state index < -0.39 is 15.8 Å². The number of aromatic carboxylic acids is 1. The zero-order chi connectivity index (χ0) is 15.8. The summed E-state index contributed by atoms with van der Waals surface area (Å²) in [6, 6.07) is 2.58. The van der Waals surface area contributed by atoms with Gasteiger partial charge in [-0.2, -0.15) is 5.10 Å². The van der Waals surface area contributed by atoms with Crippen LogP contribution in [0.25, 0.3) is 0 Å². The van der Waals surface area contributed by atoms with E-state index in [-0.39, 0.29) is 16.2 Å². The van der Waals surface area contributed by atoms with Crippen LogP contribution in [0.4, 0.5) is 0 Å². The highest BCUT2D eigenvalue weighted by Gasteiger charge is 2.22. The zero-order valence-electron chi connectivity index (χ0n) is 11.4. The SMILES string of the molecule is Cc1c(Br)cc(C(=O)O)cc1S(=O)(=O)Cc1cnn(C)c1. The van der Waals surface area contributed by atoms with Crippen molar-refractivity contribution < 1.29 is 18.3 Å². The van der Waals surface area contributed by atoms with E-state index in [1.807, 2.05) is 0 Å². The molecule has 0 aliphatic heterocycles. The lowest BCUT2D eigenvalue weighted by Crippen LogP contribution is -2.09. The van der Waals surface area contributed by atoms with E-state index in [4.69, 9.17) is 5.11 Å². The molecule has 1 aromatic carbocycles. The van der Waals surface area contributed by atoms with E-state index in [1.165, 1.54) is 23.0 Å². The largest absolute Gasteiger partial charge is 0.478 e. The molecule has 0 saturated heterocycles. The molecule has 0 spiro atoms. The van der Waals surface area contributed by atoms with Crippen molar-refractivity contribution >= 4 is 31.7 Å². The lowest BCUT2D eigenvalue weighted by atomic mass is 10.1. The van der Waals surface area contributed by atoms with Crippen LogP contribution < -0.4 is 0 Å². The van der Waals surface area contributed by atoms with Crippen molar-refractivity contribution in [3.8, 4) is 0 Å². The molecule has 0 saturated carbocycles. The zero-order valence-corrected chi connectivity index (χ0v) is 13.8. The summed E-state index contributed by atoms with van der Waals surface area (Å²) in [6.45, 7) is 1.63. The van der Waals surface area contributed by atoms with Crippen LogP contribution >= 0.6 is 15.9 Å². The number of carboxylic acids is 1. The van der Waals surface area contributed by atoms with Crippen LogP contribution in [0.15, 0.2) is 33.9 Å². The molecule has 0 aliphatic carbocycles. The number of nitrogens with zero attached hydrogens (tertiary/aromatic N) is 2. The molecule has 1 aromatic heterocycles. The summed E-state index contributed by atoms with van der Waals surface area (Å²) in [4.78, 5) is 11.1. The Balaban J connectivity index is 2.51. The molecule has 6 nitrogen and oxygen atoms in total. The number of rotatable bonds is 4. The maximum atomic E-state index is 12.5. The summed E-state index contributed by atoms with van der Waals surface area (Å²) in [5.74, 6) is -1.40. The number of carbonyl (C=O) groups is 1. The molecule has 2 aromatic rings. The monoisotopic (exact) mass is 372 g/mol. The molecule has 0 atom stereocenters. The third kappa shape index (κ3) is 3.33. The number of halogens is 1. The highest BCUT2D eigenvalue weighted by molar-refractivity contribution is 9.10. The average molecular weight is 373 g/mol. The number of carboxylic acid groups (broad SMARTS) is 1. The fraction of sp³-hybridized carbons (Fsp3) is 0.231. The van der Waals surface area contributed by atoms with Crippen LogP contribution in [0, 0.1) is 6.92 Å². The first kappa shape index (κ1) is 15.7. The van der Waals surface area contributed by atoms with Crippen LogP contribution in [0.2, 0.25) is 0 Å². The van der Waals surface area contributed by atoms with Gasteiger partial charge in [0.15, 0.2) is 9.84 Å². The number of sulfone groups is 1. The van der Waals surface area contributed by atoms with Crippen molar-refractivity contribution in [3.63, 3.8) is 0 Å². The van der Waals surface area contributed by atoms with Crippen LogP contribution in [-0.4, -0.2) is 29.3 Å². The quantitative estimate of drug-likeness (QED) is 0.887. The van der Waals surface area contributed by atoms with E-state index >= 15 is 0 Å². The van der Waals surface area contributed by atoms with Gasteiger partial charge in [0.05, 0.1) is 22.4 Å². The van der Waals surface area contributed by atoms with E-state index in [0.717, 1.165) is 0 Å². The van der Waals surface area contributed by atoms with E-state index in [9.17, 15) is 13.2 Å². The van der Waals surface area contributed by atoms with Gasteiger partial charge in [0, 0.05) is 23.3 Å². The predicted octanol–water partition coefficient (Wildman–Crippen LogP) is 2.16. The van der Waals surface area contributed by atoms with Crippen LogP contribution in [0.5, 0.6) is 0 Å². The molecular formula is C13H13BrN2O4S. The first-order chi connectivity index (χ1) is 9.70. The summed E-state index contributed by atoms with van der Waals surface area (Å²) in [5, 5.41) is 13.0. The van der Waals surface area contributed by atoms with Gasteiger partial charge in [-0.3, -0.25) is 4.68 Å². The number of hydrogen-bond acceptors (Lipinski definition) is 4. The van der Waals surface area contributed by atoms with Crippen molar-refractivity contribution in [2.75, 3.05) is 0 Å². The first-order valence-electron chi connectivity index (χ1n) is 5.94. The Morgan fingerprint density at radius 1 is 1.43 bits per heavy atom. The Bertz CT molecular complexity index is 812. The second-order valence-electron chi connectivity index (χ2n) is 4.67. The molecular weight excluding hydrogens is 360 g/mol. The standard InChI is InChI=1S/C13H13BrN2O4S/c1-8-11(14)3-10(13(17)18)4-12(8)21(19,20)7-9-5-15-16(2)6-9/h3-6H,7H2,1-2H3,(H,17,18). The second-order valence-corrected chi connectivity index (χ2v) is 7.48. The highest BCUT2D eigenvalue weighted by atomic mass is 79.9. The van der Waals surface area contributed by atoms with Gasteiger partial charge >= 0.3 is 5.97 Å². The number of aryl methyl sites for hydroxylation is 1. The van der Waals surface area contributed by atoms with Gasteiger partial charge in [0.25, 0.3) is 0 Å². The number of hydrogen-bond donors (Lipinski definition) is 1. The Hall–Kier alpha value is -1.67. The molecule has 0 unspecified atom stereocenters. The summed E-state index contributed by atoms with van der Waals surface area (Å²) < 4.78 is 27.0. The Morgan fingerprint density at radius 2 is 2.10 bits per heavy atom. The van der Waals surface area contributed by atoms with Gasteiger partial charge in [0.1, 0.15) is 0 Å². The summed E-state index contributed by atoms with van der Waals surface area (Å²) >= 11 is 3.20. The summed E-state index contributed by atoms with van der Waals surface area (Å²) in [6.07, 6.45) is 3.09. The van der Waals surface area contributed by atoms with Gasteiger partial charge in [-0.1, -0.05) is 15.9 Å². The molecule has 0 bridgehead atoms. The molecule has 0 fully saturated rings. The fourth-order valence-corrected chi connectivity index (χ4v) is 4.16. The van der Waals surface area contributed by atoms with E-state index in [0.29, 0.717) is 15.6 Å². The van der Waals surface area contributed by atoms with Crippen molar-refractivity contribution in [3.05, 3.63) is 45.7 Å². The minimum Gasteiger partial charge on any atom is -0.478 e. The minimum absolute atomic E-state index is 0.0122. The lowest BCUT2D eigenvalue weighted by molar-refractivity contribution is 0.0696. The van der Waals surface area contributed by atoms with Crippen molar-refractivity contribution in [2.24, 2.45) is 7.05 Å². The number of aromatic nitrogens is 2. The van der Waals surface area contributed by atoms with Crippen molar-refractivity contribution in [1.82, 2.24) is 9.78 Å². The smallest absolute Gasteiger partial charge is 0.335 e. The molecule has 0 aliphatic rings. The molecule has 0 amide bonds. The molecule has 8 heteroatoms. The molecule has 1 heterocycles. The molecule has 2 rings (SSSR count). The van der Waals surface area contributed by atoms with Gasteiger partial charge in [-0.25, -0.2) is 13.2 Å². The highest BCUT2D eigenvalue weighted by Crippen LogP contribution is 2.28. The predicted molar refractivity (Wildman–Crippen MR) is 79.9 cm³/mol. The Kier molecular flexibility index (Phi) is 4.20. The fourth-order valence-electron chi connectivity index (χ4n) is 1.94. The van der Waals surface area contributed by atoms with Crippen LogP contribution in [0.1, 0.15) is 21.5 Å². The maximum Gasteiger partial charge on any atom is 0.335 e. The first-order valence-corrected chi connectivity index (χ1v) is 8.39. The van der Waals surface area contributed by atoms with Crippen molar-refractivity contribution in [2.45, 2.75) is 17.6 Å². The van der Waals surface area contributed by atoms with Gasteiger partial charge in [-0.15, -0.1) is 0 Å². The average Bonchev–Trinajstić information content (AvgIpc) is 2.76.